The zero-order chi connectivity index (χ0) is 13.4. The molecule has 102 valence electrons. The van der Waals surface area contributed by atoms with Gasteiger partial charge in [-0.25, -0.2) is 9.97 Å². The van der Waals surface area contributed by atoms with E-state index in [0.29, 0.717) is 5.92 Å². The summed E-state index contributed by atoms with van der Waals surface area (Å²) in [5.41, 5.74) is 5.07. The highest BCUT2D eigenvalue weighted by atomic mass is 32.1. The topological polar surface area (TPSA) is 53.6 Å². The first-order chi connectivity index (χ1) is 9.92. The second-order valence-corrected chi connectivity index (χ2v) is 6.08. The third-order valence-corrected chi connectivity index (χ3v) is 4.91. The normalized spacial score (nSPS) is 16.8. The van der Waals surface area contributed by atoms with Crippen molar-refractivity contribution in [3.8, 4) is 11.5 Å². The minimum absolute atomic E-state index is 0.618. The molecule has 1 fully saturated rings. The van der Waals surface area contributed by atoms with Gasteiger partial charge in [-0.05, 0) is 44.0 Å². The Morgan fingerprint density at radius 3 is 2.85 bits per heavy atom. The number of hydrogen-bond donors (Lipinski definition) is 2. The minimum Gasteiger partial charge on any atom is -0.337 e. The minimum atomic E-state index is 0.618. The van der Waals surface area contributed by atoms with Crippen molar-refractivity contribution < 1.29 is 0 Å². The van der Waals surface area contributed by atoms with Crippen LogP contribution in [0, 0.1) is 0 Å². The van der Waals surface area contributed by atoms with Crippen molar-refractivity contribution in [3.05, 3.63) is 34.7 Å². The molecule has 4 rings (SSSR count). The summed E-state index contributed by atoms with van der Waals surface area (Å²) in [4.78, 5) is 14.0. The van der Waals surface area contributed by atoms with E-state index in [4.69, 9.17) is 0 Å². The predicted molar refractivity (Wildman–Crippen MR) is 82.0 cm³/mol. The molecule has 0 radical (unpaired) electrons. The Bertz CT molecular complexity index is 691. The van der Waals surface area contributed by atoms with Crippen LogP contribution in [0.15, 0.2) is 29.8 Å². The Kier molecular flexibility index (Phi) is 3.01. The zero-order valence-electron chi connectivity index (χ0n) is 11.1. The summed E-state index contributed by atoms with van der Waals surface area (Å²) < 4.78 is 0. The van der Waals surface area contributed by atoms with Crippen LogP contribution < -0.4 is 5.32 Å². The summed E-state index contributed by atoms with van der Waals surface area (Å²) in [5.74, 6) is 1.52. The number of para-hydroxylation sites is 2. The van der Waals surface area contributed by atoms with Crippen LogP contribution in [-0.2, 0) is 0 Å². The van der Waals surface area contributed by atoms with Crippen LogP contribution in [0.3, 0.4) is 0 Å². The van der Waals surface area contributed by atoms with Crippen LogP contribution in [-0.4, -0.2) is 28.0 Å². The number of H-pyrrole nitrogens is 1. The lowest BCUT2D eigenvalue weighted by molar-refractivity contribution is 0.465. The van der Waals surface area contributed by atoms with E-state index >= 15 is 0 Å². The van der Waals surface area contributed by atoms with Crippen molar-refractivity contribution in [2.75, 3.05) is 13.1 Å². The number of aromatic nitrogens is 3. The van der Waals surface area contributed by atoms with Gasteiger partial charge in [0.25, 0.3) is 0 Å². The molecule has 3 heterocycles. The van der Waals surface area contributed by atoms with Crippen LogP contribution in [0.2, 0.25) is 0 Å². The third-order valence-electron chi connectivity index (χ3n) is 3.92. The molecule has 0 saturated carbocycles. The second kappa shape index (κ2) is 5.00. The monoisotopic (exact) mass is 284 g/mol. The van der Waals surface area contributed by atoms with Gasteiger partial charge < -0.3 is 10.3 Å². The third kappa shape index (κ3) is 2.03. The maximum absolute atomic E-state index is 4.68. The van der Waals surface area contributed by atoms with E-state index < -0.39 is 0 Å². The first kappa shape index (κ1) is 12.1. The molecule has 0 aliphatic carbocycles. The Morgan fingerprint density at radius 1 is 1.15 bits per heavy atom. The lowest BCUT2D eigenvalue weighted by atomic mass is 9.95. The van der Waals surface area contributed by atoms with Gasteiger partial charge in [-0.1, -0.05) is 12.1 Å². The molecule has 5 heteroatoms. The SMILES string of the molecule is c1ccc2[nH]c(-c3ncsc3C3CCNCC3)nc2c1. The van der Waals surface area contributed by atoms with Gasteiger partial charge in [-0.2, -0.15) is 0 Å². The average molecular weight is 284 g/mol. The molecule has 0 unspecified atom stereocenters. The molecule has 3 aromatic rings. The van der Waals surface area contributed by atoms with Crippen molar-refractivity contribution in [1.82, 2.24) is 20.3 Å². The number of fused-ring (bicyclic) bond motifs is 1. The van der Waals surface area contributed by atoms with Crippen molar-refractivity contribution in [2.45, 2.75) is 18.8 Å². The number of piperidine rings is 1. The number of hydrogen-bond acceptors (Lipinski definition) is 4. The van der Waals surface area contributed by atoms with Gasteiger partial charge in [0.1, 0.15) is 5.69 Å². The molecule has 0 atom stereocenters. The number of rotatable bonds is 2. The first-order valence-electron chi connectivity index (χ1n) is 7.01. The van der Waals surface area contributed by atoms with E-state index in [1.165, 1.54) is 17.7 Å². The number of nitrogens with one attached hydrogen (secondary N) is 2. The predicted octanol–water partition coefficient (Wildman–Crippen LogP) is 3.15. The molecular weight excluding hydrogens is 268 g/mol. The van der Waals surface area contributed by atoms with Gasteiger partial charge in [0.05, 0.1) is 16.5 Å². The smallest absolute Gasteiger partial charge is 0.158 e. The van der Waals surface area contributed by atoms with E-state index in [-0.39, 0.29) is 0 Å². The number of aromatic amines is 1. The standard InChI is InChI=1S/C15H16N4S/c1-2-4-12-11(3-1)18-15(19-12)13-14(20-9-17-13)10-5-7-16-8-6-10/h1-4,9-10,16H,5-8H2,(H,18,19). The Hall–Kier alpha value is -1.72. The van der Waals surface area contributed by atoms with Crippen LogP contribution >= 0.6 is 11.3 Å². The van der Waals surface area contributed by atoms with Crippen molar-refractivity contribution in [1.29, 1.82) is 0 Å². The molecule has 20 heavy (non-hydrogen) atoms. The molecule has 1 aliphatic heterocycles. The van der Waals surface area contributed by atoms with Gasteiger partial charge in [-0.3, -0.25) is 0 Å². The van der Waals surface area contributed by atoms with E-state index in [1.54, 1.807) is 11.3 Å². The van der Waals surface area contributed by atoms with Gasteiger partial charge in [-0.15, -0.1) is 11.3 Å². The van der Waals surface area contributed by atoms with E-state index in [9.17, 15) is 0 Å². The van der Waals surface area contributed by atoms with Crippen molar-refractivity contribution in [2.24, 2.45) is 0 Å². The van der Waals surface area contributed by atoms with Crippen molar-refractivity contribution >= 4 is 22.4 Å². The highest BCUT2D eigenvalue weighted by Gasteiger charge is 2.22. The van der Waals surface area contributed by atoms with Crippen LogP contribution in [0.5, 0.6) is 0 Å². The first-order valence-corrected chi connectivity index (χ1v) is 7.89. The summed E-state index contributed by atoms with van der Waals surface area (Å²) in [6.07, 6.45) is 2.38. The molecule has 0 spiro atoms. The lowest BCUT2D eigenvalue weighted by Crippen LogP contribution is -2.26. The molecule has 1 aromatic carbocycles. The fraction of sp³-hybridized carbons (Fsp3) is 0.333. The van der Waals surface area contributed by atoms with E-state index in [2.05, 4.69) is 26.3 Å². The summed E-state index contributed by atoms with van der Waals surface area (Å²) >= 11 is 1.76. The molecular formula is C15H16N4S. The number of thiazole rings is 1. The van der Waals surface area contributed by atoms with E-state index in [0.717, 1.165) is 35.6 Å². The van der Waals surface area contributed by atoms with Crippen LogP contribution in [0.4, 0.5) is 0 Å². The van der Waals surface area contributed by atoms with Gasteiger partial charge in [0.2, 0.25) is 0 Å². The fourth-order valence-corrected chi connectivity index (χ4v) is 3.83. The maximum atomic E-state index is 4.68. The van der Waals surface area contributed by atoms with Gasteiger partial charge in [0, 0.05) is 4.88 Å². The number of benzene rings is 1. The second-order valence-electron chi connectivity index (χ2n) is 5.19. The quantitative estimate of drug-likeness (QED) is 0.760. The molecule has 2 aromatic heterocycles. The molecule has 0 bridgehead atoms. The molecule has 4 nitrogen and oxygen atoms in total. The number of imidazole rings is 1. The largest absolute Gasteiger partial charge is 0.337 e. The van der Waals surface area contributed by atoms with Crippen LogP contribution in [0.25, 0.3) is 22.6 Å². The maximum Gasteiger partial charge on any atom is 0.158 e. The highest BCUT2D eigenvalue weighted by Crippen LogP contribution is 2.35. The summed E-state index contributed by atoms with van der Waals surface area (Å²) in [6.45, 7) is 2.20. The van der Waals surface area contributed by atoms with Crippen molar-refractivity contribution in [3.63, 3.8) is 0 Å². The summed E-state index contributed by atoms with van der Waals surface area (Å²) in [7, 11) is 0. The summed E-state index contributed by atoms with van der Waals surface area (Å²) in [5, 5.41) is 3.42. The molecule has 1 aliphatic rings. The molecule has 2 N–H and O–H groups in total. The average Bonchev–Trinajstić information content (AvgIpc) is 3.14. The molecule has 0 amide bonds. The Labute approximate surface area is 121 Å². The van der Waals surface area contributed by atoms with E-state index in [1.807, 2.05) is 23.7 Å². The fourth-order valence-electron chi connectivity index (χ4n) is 2.87. The zero-order valence-corrected chi connectivity index (χ0v) is 11.9. The summed E-state index contributed by atoms with van der Waals surface area (Å²) in [6, 6.07) is 8.13. The lowest BCUT2D eigenvalue weighted by Gasteiger charge is -2.21. The van der Waals surface area contributed by atoms with Gasteiger partial charge >= 0.3 is 0 Å². The van der Waals surface area contributed by atoms with Gasteiger partial charge in [0.15, 0.2) is 5.82 Å². The van der Waals surface area contributed by atoms with Crippen LogP contribution in [0.1, 0.15) is 23.6 Å². The Balaban J connectivity index is 1.76. The highest BCUT2D eigenvalue weighted by molar-refractivity contribution is 7.10. The number of nitrogens with zero attached hydrogens (tertiary/aromatic N) is 2. The molecule has 1 saturated heterocycles. The Morgan fingerprint density at radius 2 is 2.00 bits per heavy atom.